The highest BCUT2D eigenvalue weighted by Gasteiger charge is 2.60. The van der Waals surface area contributed by atoms with Crippen LogP contribution in [0.4, 0.5) is 0 Å². The summed E-state index contributed by atoms with van der Waals surface area (Å²) in [4.78, 5) is 32.5. The van der Waals surface area contributed by atoms with Crippen molar-refractivity contribution in [2.75, 3.05) is 19.7 Å². The fraction of sp³-hybridized carbons (Fsp3) is 0.348. The Kier molecular flexibility index (Phi) is 3.90. The third-order valence-corrected chi connectivity index (χ3v) is 7.10. The highest BCUT2D eigenvalue weighted by molar-refractivity contribution is 6.30. The number of amides is 1. The zero-order valence-corrected chi connectivity index (χ0v) is 17.8. The number of nitrogens with zero attached hydrogens (tertiary/aromatic N) is 4. The van der Waals surface area contributed by atoms with Gasteiger partial charge in [0.2, 0.25) is 0 Å². The first-order valence-electron chi connectivity index (χ1n) is 10.4. The van der Waals surface area contributed by atoms with E-state index in [0.29, 0.717) is 48.6 Å². The van der Waals surface area contributed by atoms with Crippen LogP contribution in [0.15, 0.2) is 47.7 Å². The number of imidazole rings is 1. The largest absolute Gasteiger partial charge is 0.493 e. The zero-order valence-electron chi connectivity index (χ0n) is 17.0. The minimum absolute atomic E-state index is 0.105. The summed E-state index contributed by atoms with van der Waals surface area (Å²) in [6.45, 7) is 4.13. The van der Waals surface area contributed by atoms with Gasteiger partial charge in [0.25, 0.3) is 11.5 Å². The lowest BCUT2D eigenvalue weighted by Gasteiger charge is -2.35. The first-order chi connectivity index (χ1) is 15.0. The van der Waals surface area contributed by atoms with Gasteiger partial charge in [-0.05, 0) is 43.7 Å². The van der Waals surface area contributed by atoms with Crippen molar-refractivity contribution in [3.05, 3.63) is 75.2 Å². The van der Waals surface area contributed by atoms with Gasteiger partial charge in [0, 0.05) is 47.8 Å². The van der Waals surface area contributed by atoms with E-state index in [1.807, 2.05) is 30.0 Å². The van der Waals surface area contributed by atoms with Gasteiger partial charge in [-0.25, -0.2) is 4.98 Å². The van der Waals surface area contributed by atoms with E-state index in [9.17, 15) is 9.59 Å². The first-order valence-corrected chi connectivity index (χ1v) is 10.8. The fourth-order valence-electron chi connectivity index (χ4n) is 5.12. The molecule has 0 saturated heterocycles. The van der Waals surface area contributed by atoms with Gasteiger partial charge in [-0.2, -0.15) is 0 Å². The Morgan fingerprint density at radius 3 is 2.90 bits per heavy atom. The van der Waals surface area contributed by atoms with Gasteiger partial charge in [0.1, 0.15) is 17.1 Å². The second-order valence-electron chi connectivity index (χ2n) is 8.72. The van der Waals surface area contributed by atoms with Crippen molar-refractivity contribution >= 4 is 17.5 Å². The molecule has 1 fully saturated rings. The van der Waals surface area contributed by atoms with E-state index < -0.39 is 0 Å². The maximum atomic E-state index is 13.3. The van der Waals surface area contributed by atoms with E-state index in [1.165, 1.54) is 0 Å². The summed E-state index contributed by atoms with van der Waals surface area (Å²) in [7, 11) is 0. The summed E-state index contributed by atoms with van der Waals surface area (Å²) in [5, 5.41) is 0.679. The summed E-state index contributed by atoms with van der Waals surface area (Å²) in [5.74, 6) is 1.15. The van der Waals surface area contributed by atoms with Crippen molar-refractivity contribution in [1.82, 2.24) is 19.0 Å². The highest BCUT2D eigenvalue weighted by Crippen LogP contribution is 2.60. The molecule has 4 heterocycles. The molecule has 6 rings (SSSR count). The van der Waals surface area contributed by atoms with E-state index in [4.69, 9.17) is 16.3 Å². The lowest BCUT2D eigenvalue weighted by molar-refractivity contribution is 0.0670. The van der Waals surface area contributed by atoms with Crippen LogP contribution in [0.1, 0.15) is 28.2 Å². The second-order valence-corrected chi connectivity index (χ2v) is 9.15. The molecule has 2 aromatic heterocycles. The van der Waals surface area contributed by atoms with Crippen LogP contribution in [0, 0.1) is 12.8 Å². The topological polar surface area (TPSA) is 69.4 Å². The molecular formula is C23H21ClN4O3. The number of aryl methyl sites for hydroxylation is 1. The zero-order chi connectivity index (χ0) is 21.3. The van der Waals surface area contributed by atoms with Gasteiger partial charge in [-0.15, -0.1) is 0 Å². The minimum Gasteiger partial charge on any atom is -0.493 e. The van der Waals surface area contributed by atoms with Crippen molar-refractivity contribution in [3.63, 3.8) is 0 Å². The summed E-state index contributed by atoms with van der Waals surface area (Å²) in [6, 6.07) is 9.18. The molecule has 7 nitrogen and oxygen atoms in total. The molecule has 8 heteroatoms. The van der Waals surface area contributed by atoms with Gasteiger partial charge in [0.15, 0.2) is 0 Å². The van der Waals surface area contributed by atoms with Crippen LogP contribution in [-0.4, -0.2) is 44.6 Å². The smallest absolute Gasteiger partial charge is 0.275 e. The molecule has 0 bridgehead atoms. The van der Waals surface area contributed by atoms with Gasteiger partial charge in [-0.1, -0.05) is 11.6 Å². The van der Waals surface area contributed by atoms with Crippen molar-refractivity contribution < 1.29 is 9.53 Å². The standard InChI is InChI=1S/C23H21ClN4O3/c1-14-10-27(13-25-14)18-3-4-19-21(29)26(6-7-28(19)22(18)30)12-23-9-15(23)11-31-20-5-2-16(24)8-17(20)23/h2-5,8,10,13,15H,6-7,9,11-12H2,1H3/t15-,23+/m0/s1. The summed E-state index contributed by atoms with van der Waals surface area (Å²) in [5.41, 5.74) is 2.58. The van der Waals surface area contributed by atoms with Gasteiger partial charge in [0.05, 0.1) is 18.6 Å². The Hall–Kier alpha value is -3.06. The monoisotopic (exact) mass is 436 g/mol. The number of benzene rings is 1. The van der Waals surface area contributed by atoms with Crippen LogP contribution in [0.25, 0.3) is 5.69 Å². The van der Waals surface area contributed by atoms with Crippen LogP contribution in [-0.2, 0) is 12.0 Å². The fourth-order valence-corrected chi connectivity index (χ4v) is 5.29. The second kappa shape index (κ2) is 6.47. The summed E-state index contributed by atoms with van der Waals surface area (Å²) in [6.07, 6.45) is 4.41. The lowest BCUT2D eigenvalue weighted by Crippen LogP contribution is -2.48. The number of pyridine rings is 1. The van der Waals surface area contributed by atoms with Crippen molar-refractivity contribution in [1.29, 1.82) is 0 Å². The predicted octanol–water partition coefficient (Wildman–Crippen LogP) is 2.80. The van der Waals surface area contributed by atoms with Crippen LogP contribution in [0.2, 0.25) is 5.02 Å². The number of aromatic nitrogens is 3. The predicted molar refractivity (Wildman–Crippen MR) is 115 cm³/mol. The van der Waals surface area contributed by atoms with Crippen molar-refractivity contribution in [2.24, 2.45) is 5.92 Å². The van der Waals surface area contributed by atoms with Crippen LogP contribution < -0.4 is 10.3 Å². The molecule has 31 heavy (non-hydrogen) atoms. The molecule has 1 saturated carbocycles. The molecule has 2 atom stereocenters. The molecule has 1 aliphatic carbocycles. The van der Waals surface area contributed by atoms with Crippen molar-refractivity contribution in [3.8, 4) is 11.4 Å². The molecule has 158 valence electrons. The van der Waals surface area contributed by atoms with E-state index in [1.54, 1.807) is 33.8 Å². The van der Waals surface area contributed by atoms with Gasteiger partial charge < -0.3 is 18.8 Å². The third kappa shape index (κ3) is 2.76. The number of carbonyl (C=O) groups excluding carboxylic acids is 1. The number of fused-ring (bicyclic) bond motifs is 4. The Labute approximate surface area is 183 Å². The SMILES string of the molecule is Cc1cn(-c2ccc3n(c2=O)CCN(C[C@]24C[C@H]2COc2ccc(Cl)cc24)C3=O)cn1. The Balaban J connectivity index is 1.32. The quantitative estimate of drug-likeness (QED) is 0.633. The lowest BCUT2D eigenvalue weighted by atomic mass is 9.90. The van der Waals surface area contributed by atoms with E-state index in [0.717, 1.165) is 23.4 Å². The number of hydrogen-bond acceptors (Lipinski definition) is 4. The minimum atomic E-state index is -0.173. The van der Waals surface area contributed by atoms with Crippen LogP contribution in [0.3, 0.4) is 0 Å². The number of rotatable bonds is 3. The summed E-state index contributed by atoms with van der Waals surface area (Å²) >= 11 is 6.26. The summed E-state index contributed by atoms with van der Waals surface area (Å²) < 4.78 is 9.18. The molecule has 0 radical (unpaired) electrons. The van der Waals surface area contributed by atoms with E-state index in [-0.39, 0.29) is 16.9 Å². The van der Waals surface area contributed by atoms with Gasteiger partial charge in [-0.3, -0.25) is 9.59 Å². The van der Waals surface area contributed by atoms with Gasteiger partial charge >= 0.3 is 0 Å². The molecule has 3 aliphatic rings. The number of ether oxygens (including phenoxy) is 1. The number of halogens is 1. The third-order valence-electron chi connectivity index (χ3n) is 6.87. The van der Waals surface area contributed by atoms with E-state index >= 15 is 0 Å². The molecule has 1 aromatic carbocycles. The molecular weight excluding hydrogens is 416 g/mol. The maximum absolute atomic E-state index is 13.3. The van der Waals surface area contributed by atoms with Crippen LogP contribution >= 0.6 is 11.6 Å². The molecule has 0 spiro atoms. The molecule has 3 aromatic rings. The molecule has 2 aliphatic heterocycles. The first kappa shape index (κ1) is 18.7. The Bertz CT molecular complexity index is 1300. The molecule has 0 N–H and O–H groups in total. The maximum Gasteiger partial charge on any atom is 0.275 e. The Morgan fingerprint density at radius 2 is 2.10 bits per heavy atom. The average Bonchev–Trinajstić information content (AvgIpc) is 3.33. The van der Waals surface area contributed by atoms with Crippen molar-refractivity contribution in [2.45, 2.75) is 25.3 Å². The Morgan fingerprint density at radius 1 is 1.23 bits per heavy atom. The molecule has 0 unspecified atom stereocenters. The van der Waals surface area contributed by atoms with Crippen LogP contribution in [0.5, 0.6) is 5.75 Å². The number of carbonyl (C=O) groups is 1. The van der Waals surface area contributed by atoms with E-state index in [2.05, 4.69) is 4.98 Å². The highest BCUT2D eigenvalue weighted by atomic mass is 35.5. The average molecular weight is 437 g/mol. The number of hydrogen-bond donors (Lipinski definition) is 0. The molecule has 1 amide bonds. The normalized spacial score (nSPS) is 23.6.